The van der Waals surface area contributed by atoms with Crippen LogP contribution in [-0.2, 0) is 10.0 Å². The minimum Gasteiger partial charge on any atom is -0.395 e. The van der Waals surface area contributed by atoms with Crippen molar-refractivity contribution in [1.82, 2.24) is 4.31 Å². The Labute approximate surface area is 117 Å². The summed E-state index contributed by atoms with van der Waals surface area (Å²) in [5.41, 5.74) is -0.00878. The van der Waals surface area contributed by atoms with Gasteiger partial charge in [-0.2, -0.15) is 4.31 Å². The first-order chi connectivity index (χ1) is 9.34. The molecule has 0 aromatic heterocycles. The molecule has 0 atom stereocenters. The summed E-state index contributed by atoms with van der Waals surface area (Å²) in [6, 6.07) is 3.62. The minimum absolute atomic E-state index is 0.0867. The largest absolute Gasteiger partial charge is 0.395 e. The highest BCUT2D eigenvalue weighted by atomic mass is 32.2. The Morgan fingerprint density at radius 1 is 1.45 bits per heavy atom. The Balaban J connectivity index is 3.38. The lowest BCUT2D eigenvalue weighted by Crippen LogP contribution is -2.30. The lowest BCUT2D eigenvalue weighted by molar-refractivity contribution is -0.385. The summed E-state index contributed by atoms with van der Waals surface area (Å²) in [5.74, 6) is 0. The highest BCUT2D eigenvalue weighted by Crippen LogP contribution is 2.28. The molecule has 0 amide bonds. The van der Waals surface area contributed by atoms with Gasteiger partial charge >= 0.3 is 0 Å². The number of rotatable bonds is 7. The molecule has 8 nitrogen and oxygen atoms in total. The van der Waals surface area contributed by atoms with E-state index in [1.165, 1.54) is 19.2 Å². The van der Waals surface area contributed by atoms with Crippen molar-refractivity contribution in [1.29, 1.82) is 0 Å². The highest BCUT2D eigenvalue weighted by molar-refractivity contribution is 7.89. The number of non-ortho nitro benzene ring substituents is 1. The zero-order valence-corrected chi connectivity index (χ0v) is 12.1. The van der Waals surface area contributed by atoms with Gasteiger partial charge in [0.2, 0.25) is 10.0 Å². The summed E-state index contributed by atoms with van der Waals surface area (Å²) in [4.78, 5) is 9.95. The van der Waals surface area contributed by atoms with Crippen molar-refractivity contribution in [3.63, 3.8) is 0 Å². The summed E-state index contributed by atoms with van der Waals surface area (Å²) < 4.78 is 25.6. The van der Waals surface area contributed by atoms with E-state index >= 15 is 0 Å². The van der Waals surface area contributed by atoms with Gasteiger partial charge in [-0.1, -0.05) is 0 Å². The maximum atomic E-state index is 12.3. The molecule has 1 aromatic carbocycles. The van der Waals surface area contributed by atoms with E-state index in [9.17, 15) is 18.5 Å². The van der Waals surface area contributed by atoms with E-state index in [2.05, 4.69) is 5.32 Å². The van der Waals surface area contributed by atoms with Gasteiger partial charge in [-0.15, -0.1) is 0 Å². The lowest BCUT2D eigenvalue weighted by atomic mass is 10.3. The summed E-state index contributed by atoms with van der Waals surface area (Å²) in [6.45, 7) is 1.84. The normalized spacial score (nSPS) is 11.6. The van der Waals surface area contributed by atoms with Crippen LogP contribution in [0.15, 0.2) is 23.1 Å². The molecule has 112 valence electrons. The minimum atomic E-state index is -3.90. The fraction of sp³-hybridized carbons (Fsp3) is 0.455. The fourth-order valence-corrected chi connectivity index (χ4v) is 2.95. The topological polar surface area (TPSA) is 113 Å². The van der Waals surface area contributed by atoms with Crippen molar-refractivity contribution in [2.45, 2.75) is 11.8 Å². The van der Waals surface area contributed by atoms with Gasteiger partial charge in [0.1, 0.15) is 4.90 Å². The van der Waals surface area contributed by atoms with Crippen LogP contribution in [0.3, 0.4) is 0 Å². The van der Waals surface area contributed by atoms with Crippen molar-refractivity contribution in [2.75, 3.05) is 32.1 Å². The number of benzene rings is 1. The highest BCUT2D eigenvalue weighted by Gasteiger charge is 2.26. The molecule has 20 heavy (non-hydrogen) atoms. The Bertz CT molecular complexity index is 588. The van der Waals surface area contributed by atoms with E-state index in [-0.39, 0.29) is 23.7 Å². The second kappa shape index (κ2) is 6.64. The van der Waals surface area contributed by atoms with Crippen LogP contribution in [0.5, 0.6) is 0 Å². The molecular formula is C11H17N3O5S. The first kappa shape index (κ1) is 16.3. The quantitative estimate of drug-likeness (QED) is 0.564. The van der Waals surface area contributed by atoms with Gasteiger partial charge in [-0.3, -0.25) is 10.1 Å². The van der Waals surface area contributed by atoms with E-state index in [0.717, 1.165) is 10.4 Å². The summed E-state index contributed by atoms with van der Waals surface area (Å²) in [7, 11) is -2.60. The standard InChI is InChI=1S/C11H17N3O5S/c1-3-12-10-5-4-9(14(16)17)8-11(10)20(18,19)13(2)6-7-15/h4-5,8,12,15H,3,6-7H2,1-2H3. The first-order valence-electron chi connectivity index (χ1n) is 5.94. The van der Waals surface area contributed by atoms with Gasteiger partial charge in [-0.25, -0.2) is 8.42 Å². The smallest absolute Gasteiger partial charge is 0.270 e. The first-order valence-corrected chi connectivity index (χ1v) is 7.38. The molecule has 0 unspecified atom stereocenters. The number of anilines is 1. The molecule has 0 spiro atoms. The van der Waals surface area contributed by atoms with Gasteiger partial charge in [0.05, 0.1) is 17.2 Å². The van der Waals surface area contributed by atoms with Gasteiger partial charge in [0.25, 0.3) is 5.69 Å². The van der Waals surface area contributed by atoms with Crippen LogP contribution < -0.4 is 5.32 Å². The van der Waals surface area contributed by atoms with Crippen LogP contribution in [-0.4, -0.2) is 49.5 Å². The molecule has 0 aliphatic rings. The van der Waals surface area contributed by atoms with Crippen molar-refractivity contribution >= 4 is 21.4 Å². The number of sulfonamides is 1. The van der Waals surface area contributed by atoms with Gasteiger partial charge in [0, 0.05) is 32.3 Å². The summed E-state index contributed by atoms with van der Waals surface area (Å²) >= 11 is 0. The van der Waals surface area contributed by atoms with Crippen molar-refractivity contribution in [3.8, 4) is 0 Å². The zero-order valence-electron chi connectivity index (χ0n) is 11.2. The number of hydrogen-bond donors (Lipinski definition) is 2. The molecule has 2 N–H and O–H groups in total. The van der Waals surface area contributed by atoms with Gasteiger partial charge < -0.3 is 10.4 Å². The Morgan fingerprint density at radius 3 is 2.60 bits per heavy atom. The average molecular weight is 303 g/mol. The average Bonchev–Trinajstić information content (AvgIpc) is 2.39. The third-order valence-electron chi connectivity index (χ3n) is 2.65. The van der Waals surface area contributed by atoms with E-state index in [0.29, 0.717) is 12.2 Å². The van der Waals surface area contributed by atoms with Crippen LogP contribution in [0.4, 0.5) is 11.4 Å². The molecule has 0 heterocycles. The Hall–Kier alpha value is -1.71. The second-order valence-corrected chi connectivity index (χ2v) is 6.03. The SMILES string of the molecule is CCNc1ccc([N+](=O)[O-])cc1S(=O)(=O)N(C)CCO. The van der Waals surface area contributed by atoms with E-state index in [1.54, 1.807) is 6.92 Å². The lowest BCUT2D eigenvalue weighted by Gasteiger charge is -2.18. The van der Waals surface area contributed by atoms with Crippen LogP contribution >= 0.6 is 0 Å². The number of hydrogen-bond acceptors (Lipinski definition) is 6. The summed E-state index contributed by atoms with van der Waals surface area (Å²) in [5, 5.41) is 22.5. The number of aliphatic hydroxyl groups excluding tert-OH is 1. The number of nitrogens with zero attached hydrogens (tertiary/aromatic N) is 2. The monoisotopic (exact) mass is 303 g/mol. The predicted octanol–water partition coefficient (Wildman–Crippen LogP) is 0.639. The molecule has 0 saturated carbocycles. The van der Waals surface area contributed by atoms with E-state index < -0.39 is 14.9 Å². The van der Waals surface area contributed by atoms with Crippen molar-refractivity contribution < 1.29 is 18.4 Å². The van der Waals surface area contributed by atoms with Crippen molar-refractivity contribution in [2.24, 2.45) is 0 Å². The summed E-state index contributed by atoms with van der Waals surface area (Å²) in [6.07, 6.45) is 0. The maximum absolute atomic E-state index is 12.3. The predicted molar refractivity (Wildman–Crippen MR) is 74.2 cm³/mol. The molecule has 1 aromatic rings. The number of likely N-dealkylation sites (N-methyl/N-ethyl adjacent to an activating group) is 1. The van der Waals surface area contributed by atoms with Crippen LogP contribution in [0.25, 0.3) is 0 Å². The molecule has 0 aliphatic carbocycles. The van der Waals surface area contributed by atoms with Crippen molar-refractivity contribution in [3.05, 3.63) is 28.3 Å². The number of nitrogens with one attached hydrogen (secondary N) is 1. The number of nitro groups is 1. The second-order valence-electron chi connectivity index (χ2n) is 4.02. The Kier molecular flexibility index (Phi) is 5.43. The molecule has 0 aliphatic heterocycles. The third kappa shape index (κ3) is 3.44. The molecule has 0 fully saturated rings. The molecule has 1 rings (SSSR count). The third-order valence-corrected chi connectivity index (χ3v) is 4.54. The molecule has 0 radical (unpaired) electrons. The fourth-order valence-electron chi connectivity index (χ4n) is 1.60. The van der Waals surface area contributed by atoms with E-state index in [4.69, 9.17) is 5.11 Å². The zero-order chi connectivity index (χ0) is 15.3. The molecule has 9 heteroatoms. The van der Waals surface area contributed by atoms with E-state index in [1.807, 2.05) is 0 Å². The molecule has 0 bridgehead atoms. The van der Waals surface area contributed by atoms with Crippen LogP contribution in [0.2, 0.25) is 0 Å². The van der Waals surface area contributed by atoms with Crippen LogP contribution in [0.1, 0.15) is 6.92 Å². The molecule has 0 saturated heterocycles. The molecular weight excluding hydrogens is 286 g/mol. The maximum Gasteiger partial charge on any atom is 0.270 e. The van der Waals surface area contributed by atoms with Crippen LogP contribution in [0, 0.1) is 10.1 Å². The van der Waals surface area contributed by atoms with Gasteiger partial charge in [-0.05, 0) is 13.0 Å². The number of aliphatic hydroxyl groups is 1. The number of nitro benzene ring substituents is 1. The van der Waals surface area contributed by atoms with Gasteiger partial charge in [0.15, 0.2) is 0 Å². The Morgan fingerprint density at radius 2 is 2.10 bits per heavy atom.